The van der Waals surface area contributed by atoms with E-state index in [4.69, 9.17) is 5.73 Å². The van der Waals surface area contributed by atoms with Crippen LogP contribution in [0.4, 0.5) is 0 Å². The molecule has 2 aromatic rings. The second-order valence-corrected chi connectivity index (χ2v) is 7.29. The monoisotopic (exact) mass is 349 g/mol. The summed E-state index contributed by atoms with van der Waals surface area (Å²) in [4.78, 5) is 30.7. The van der Waals surface area contributed by atoms with Crippen LogP contribution in [0.2, 0.25) is 0 Å². The zero-order valence-electron chi connectivity index (χ0n) is 14.8. The van der Waals surface area contributed by atoms with Gasteiger partial charge in [0, 0.05) is 12.7 Å². The highest BCUT2D eigenvalue weighted by Crippen LogP contribution is 2.35. The van der Waals surface area contributed by atoms with Crippen molar-refractivity contribution in [1.82, 2.24) is 9.88 Å². The number of benzene rings is 1. The number of pyridine rings is 1. The Morgan fingerprint density at radius 3 is 2.50 bits per heavy atom. The van der Waals surface area contributed by atoms with E-state index in [9.17, 15) is 9.59 Å². The first-order valence-electron chi connectivity index (χ1n) is 9.29. The Morgan fingerprint density at radius 2 is 1.77 bits per heavy atom. The molecule has 26 heavy (non-hydrogen) atoms. The summed E-state index contributed by atoms with van der Waals surface area (Å²) in [7, 11) is 0. The highest BCUT2D eigenvalue weighted by molar-refractivity contribution is 6.21. The van der Waals surface area contributed by atoms with Gasteiger partial charge in [-0.2, -0.15) is 0 Å². The molecule has 4 rings (SSSR count). The van der Waals surface area contributed by atoms with Crippen molar-refractivity contribution in [3.63, 3.8) is 0 Å². The molecule has 0 radical (unpaired) electrons. The molecule has 1 aliphatic heterocycles. The molecule has 1 aliphatic carbocycles. The van der Waals surface area contributed by atoms with Crippen molar-refractivity contribution >= 4 is 11.8 Å². The average molecular weight is 349 g/mol. The topological polar surface area (TPSA) is 76.3 Å². The summed E-state index contributed by atoms with van der Waals surface area (Å²) in [6, 6.07) is 11.1. The fourth-order valence-corrected chi connectivity index (χ4v) is 4.20. The standard InChI is InChI=1S/C21H23N3O2/c22-21(12-5-7-15-8-6-13-23-18(15)21)11-3-4-14-24-19(25)16-9-1-2-10-17(16)20(24)26/h1-2,6,8-10,13H,3-5,7,11-12,14,22H2. The van der Waals surface area contributed by atoms with E-state index in [1.165, 1.54) is 10.5 Å². The van der Waals surface area contributed by atoms with Crippen molar-refractivity contribution in [1.29, 1.82) is 0 Å². The Kier molecular flexibility index (Phi) is 4.32. The smallest absolute Gasteiger partial charge is 0.261 e. The van der Waals surface area contributed by atoms with Crippen LogP contribution >= 0.6 is 0 Å². The third kappa shape index (κ3) is 2.82. The van der Waals surface area contributed by atoms with Crippen LogP contribution in [-0.2, 0) is 12.0 Å². The number of rotatable bonds is 5. The van der Waals surface area contributed by atoms with Crippen molar-refractivity contribution in [3.05, 3.63) is 65.0 Å². The molecule has 0 bridgehead atoms. The number of nitrogens with two attached hydrogens (primary N) is 1. The summed E-state index contributed by atoms with van der Waals surface area (Å²) in [5, 5.41) is 0. The van der Waals surface area contributed by atoms with Gasteiger partial charge in [0.2, 0.25) is 0 Å². The minimum absolute atomic E-state index is 0.183. The first-order chi connectivity index (χ1) is 12.6. The zero-order chi connectivity index (χ0) is 18.1. The van der Waals surface area contributed by atoms with E-state index < -0.39 is 5.54 Å². The number of carbonyl (C=O) groups excluding carboxylic acids is 2. The minimum Gasteiger partial charge on any atom is -0.320 e. The molecule has 2 aliphatic rings. The summed E-state index contributed by atoms with van der Waals surface area (Å²) in [6.45, 7) is 0.442. The fraction of sp³-hybridized carbons (Fsp3) is 0.381. The lowest BCUT2D eigenvalue weighted by atomic mass is 9.77. The molecule has 5 heteroatoms. The third-order valence-electron chi connectivity index (χ3n) is 5.56. The highest BCUT2D eigenvalue weighted by Gasteiger charge is 2.36. The van der Waals surface area contributed by atoms with E-state index in [0.29, 0.717) is 17.7 Å². The summed E-state index contributed by atoms with van der Waals surface area (Å²) in [5.41, 5.74) is 9.58. The lowest BCUT2D eigenvalue weighted by Crippen LogP contribution is -2.41. The lowest BCUT2D eigenvalue weighted by Gasteiger charge is -2.34. The van der Waals surface area contributed by atoms with E-state index in [0.717, 1.165) is 44.2 Å². The van der Waals surface area contributed by atoms with Gasteiger partial charge in [0.15, 0.2) is 0 Å². The van der Waals surface area contributed by atoms with Crippen LogP contribution in [0.5, 0.6) is 0 Å². The Labute approximate surface area is 153 Å². The summed E-state index contributed by atoms with van der Waals surface area (Å²) < 4.78 is 0. The number of hydrogen-bond donors (Lipinski definition) is 1. The number of imide groups is 1. The first kappa shape index (κ1) is 16.9. The minimum atomic E-state index is -0.392. The molecule has 0 fully saturated rings. The Balaban J connectivity index is 1.37. The molecule has 1 unspecified atom stereocenters. The lowest BCUT2D eigenvalue weighted by molar-refractivity contribution is 0.0650. The largest absolute Gasteiger partial charge is 0.320 e. The first-order valence-corrected chi connectivity index (χ1v) is 9.29. The van der Waals surface area contributed by atoms with Crippen molar-refractivity contribution in [2.24, 2.45) is 5.73 Å². The number of aromatic nitrogens is 1. The van der Waals surface area contributed by atoms with Gasteiger partial charge in [0.25, 0.3) is 11.8 Å². The van der Waals surface area contributed by atoms with Crippen LogP contribution in [0.3, 0.4) is 0 Å². The van der Waals surface area contributed by atoms with Gasteiger partial charge in [0.1, 0.15) is 0 Å². The average Bonchev–Trinajstić information content (AvgIpc) is 2.91. The Bertz CT molecular complexity index is 829. The molecule has 2 N–H and O–H groups in total. The van der Waals surface area contributed by atoms with Crippen LogP contribution in [0.1, 0.15) is 64.1 Å². The van der Waals surface area contributed by atoms with Gasteiger partial charge in [-0.15, -0.1) is 0 Å². The summed E-state index contributed by atoms with van der Waals surface area (Å²) >= 11 is 0. The molecular formula is C21H23N3O2. The number of hydrogen-bond acceptors (Lipinski definition) is 4. The van der Waals surface area contributed by atoms with Crippen LogP contribution in [0.25, 0.3) is 0 Å². The fourth-order valence-electron chi connectivity index (χ4n) is 4.20. The molecule has 0 spiro atoms. The van der Waals surface area contributed by atoms with Gasteiger partial charge in [0.05, 0.1) is 22.4 Å². The van der Waals surface area contributed by atoms with Crippen LogP contribution in [-0.4, -0.2) is 28.2 Å². The number of aryl methyl sites for hydroxylation is 1. The van der Waals surface area contributed by atoms with Gasteiger partial charge in [-0.25, -0.2) is 0 Å². The second-order valence-electron chi connectivity index (χ2n) is 7.29. The zero-order valence-corrected chi connectivity index (χ0v) is 14.8. The van der Waals surface area contributed by atoms with E-state index in [-0.39, 0.29) is 11.8 Å². The Hall–Kier alpha value is -2.53. The molecule has 1 aromatic carbocycles. The van der Waals surface area contributed by atoms with Crippen molar-refractivity contribution in [2.75, 3.05) is 6.54 Å². The quantitative estimate of drug-likeness (QED) is 0.665. The van der Waals surface area contributed by atoms with Crippen molar-refractivity contribution < 1.29 is 9.59 Å². The maximum absolute atomic E-state index is 12.4. The maximum Gasteiger partial charge on any atom is 0.261 e. The van der Waals surface area contributed by atoms with E-state index in [1.807, 2.05) is 12.3 Å². The van der Waals surface area contributed by atoms with Gasteiger partial charge >= 0.3 is 0 Å². The van der Waals surface area contributed by atoms with Crippen molar-refractivity contribution in [3.8, 4) is 0 Å². The van der Waals surface area contributed by atoms with E-state index in [1.54, 1.807) is 24.3 Å². The predicted molar refractivity (Wildman–Crippen MR) is 98.7 cm³/mol. The van der Waals surface area contributed by atoms with Crippen molar-refractivity contribution in [2.45, 2.75) is 44.1 Å². The Morgan fingerprint density at radius 1 is 1.04 bits per heavy atom. The third-order valence-corrected chi connectivity index (χ3v) is 5.56. The van der Waals surface area contributed by atoms with Gasteiger partial charge in [-0.1, -0.05) is 18.2 Å². The predicted octanol–water partition coefficient (Wildman–Crippen LogP) is 3.04. The number of fused-ring (bicyclic) bond motifs is 2. The van der Waals surface area contributed by atoms with E-state index >= 15 is 0 Å². The molecule has 5 nitrogen and oxygen atoms in total. The number of carbonyl (C=O) groups is 2. The van der Waals surface area contributed by atoms with Crippen LogP contribution in [0.15, 0.2) is 42.6 Å². The van der Waals surface area contributed by atoms with Crippen LogP contribution < -0.4 is 5.73 Å². The molecule has 0 saturated carbocycles. The number of nitrogens with zero attached hydrogens (tertiary/aromatic N) is 2. The molecule has 134 valence electrons. The van der Waals surface area contributed by atoms with Crippen LogP contribution in [0, 0.1) is 0 Å². The molecule has 2 amide bonds. The molecule has 1 aromatic heterocycles. The molecule has 0 saturated heterocycles. The van der Waals surface area contributed by atoms with Gasteiger partial charge in [-0.05, 0) is 62.3 Å². The number of amides is 2. The molecule has 1 atom stereocenters. The SMILES string of the molecule is NC1(CCCCN2C(=O)c3ccccc3C2=O)CCCc2cccnc21. The number of unbranched alkanes of at least 4 members (excludes halogenated alkanes) is 1. The highest BCUT2D eigenvalue weighted by atomic mass is 16.2. The summed E-state index contributed by atoms with van der Waals surface area (Å²) in [6.07, 6.45) is 7.30. The second kappa shape index (κ2) is 6.65. The van der Waals surface area contributed by atoms with Gasteiger partial charge in [-0.3, -0.25) is 19.5 Å². The normalized spacial score (nSPS) is 21.7. The van der Waals surface area contributed by atoms with Gasteiger partial charge < -0.3 is 5.73 Å². The maximum atomic E-state index is 12.4. The van der Waals surface area contributed by atoms with E-state index in [2.05, 4.69) is 11.1 Å². The molecule has 2 heterocycles. The summed E-state index contributed by atoms with van der Waals surface area (Å²) in [5.74, 6) is -0.365. The molecular weight excluding hydrogens is 326 g/mol.